The maximum Gasteiger partial charge on any atom is 0.194 e. The first kappa shape index (κ1) is 17.4. The topological polar surface area (TPSA) is 9.23 Å². The first-order valence-electron chi connectivity index (χ1n) is 9.53. The van der Waals surface area contributed by atoms with Crippen molar-refractivity contribution in [3.8, 4) is 16.9 Å². The van der Waals surface area contributed by atoms with Crippen LogP contribution >= 0.6 is 0 Å². The fourth-order valence-corrected chi connectivity index (χ4v) is 4.57. The largest absolute Gasteiger partial charge is 0.493 e. The molecule has 4 rings (SSSR count). The first-order chi connectivity index (χ1) is 12.6. The molecule has 4 heteroatoms. The number of rotatable bonds is 3. The Hall–Kier alpha value is -1.97. The van der Waals surface area contributed by atoms with E-state index in [-0.39, 0.29) is 0 Å². The molecule has 0 saturated heterocycles. The summed E-state index contributed by atoms with van der Waals surface area (Å²) in [6, 6.07) is 5.99. The van der Waals surface area contributed by atoms with Gasteiger partial charge in [0.05, 0.1) is 6.61 Å². The minimum Gasteiger partial charge on any atom is -0.493 e. The molecule has 0 aromatic heterocycles. The molecular weight excluding hydrogens is 337 g/mol. The Kier molecular flexibility index (Phi) is 4.68. The smallest absolute Gasteiger partial charge is 0.194 e. The van der Waals surface area contributed by atoms with E-state index >= 15 is 0 Å². The summed E-state index contributed by atoms with van der Waals surface area (Å²) in [7, 11) is 0. The number of hydrogen-bond donors (Lipinski definition) is 0. The van der Waals surface area contributed by atoms with Gasteiger partial charge in [-0.15, -0.1) is 0 Å². The van der Waals surface area contributed by atoms with Crippen LogP contribution in [0.15, 0.2) is 24.3 Å². The zero-order valence-electron chi connectivity index (χ0n) is 15.0. The van der Waals surface area contributed by atoms with Crippen LogP contribution in [0.3, 0.4) is 0 Å². The summed E-state index contributed by atoms with van der Waals surface area (Å²) >= 11 is 0. The quantitative estimate of drug-likeness (QED) is 0.576. The molecule has 1 nitrogen and oxygen atoms in total. The Morgan fingerprint density at radius 2 is 1.65 bits per heavy atom. The molecule has 1 heterocycles. The third kappa shape index (κ3) is 3.00. The van der Waals surface area contributed by atoms with Crippen molar-refractivity contribution in [3.63, 3.8) is 0 Å². The molecule has 138 valence electrons. The fourth-order valence-electron chi connectivity index (χ4n) is 4.57. The lowest BCUT2D eigenvalue weighted by atomic mass is 9.72. The van der Waals surface area contributed by atoms with Gasteiger partial charge in [-0.1, -0.05) is 32.3 Å². The molecule has 2 aliphatic rings. The average Bonchev–Trinajstić information content (AvgIpc) is 2.65. The number of ether oxygens (including phenoxy) is 1. The number of hydrogen-bond acceptors (Lipinski definition) is 1. The summed E-state index contributed by atoms with van der Waals surface area (Å²) in [4.78, 5) is 0. The van der Waals surface area contributed by atoms with Crippen LogP contribution in [0.5, 0.6) is 5.75 Å². The van der Waals surface area contributed by atoms with Crippen LogP contribution < -0.4 is 4.74 Å². The van der Waals surface area contributed by atoms with E-state index in [4.69, 9.17) is 4.74 Å². The van der Waals surface area contributed by atoms with E-state index in [0.717, 1.165) is 30.7 Å². The monoisotopic (exact) mass is 360 g/mol. The lowest BCUT2D eigenvalue weighted by Crippen LogP contribution is -2.29. The van der Waals surface area contributed by atoms with Gasteiger partial charge in [0, 0.05) is 5.56 Å². The summed E-state index contributed by atoms with van der Waals surface area (Å²) in [6.07, 6.45) is 6.76. The van der Waals surface area contributed by atoms with Gasteiger partial charge in [-0.3, -0.25) is 0 Å². The van der Waals surface area contributed by atoms with Crippen molar-refractivity contribution in [1.82, 2.24) is 0 Å². The normalized spacial score (nSPS) is 21.7. The molecule has 2 aromatic carbocycles. The predicted octanol–water partition coefficient (Wildman–Crippen LogP) is 6.39. The van der Waals surface area contributed by atoms with E-state index < -0.39 is 17.5 Å². The second-order valence-corrected chi connectivity index (χ2v) is 7.51. The third-order valence-electron chi connectivity index (χ3n) is 5.80. The second-order valence-electron chi connectivity index (χ2n) is 7.51. The molecule has 1 saturated carbocycles. The standard InChI is InChI=1S/C22H23F3O/c1-2-5-13-8-15(16-9-18(23)22(25)19(24)10-16)11-20-21(13)17-7-4-3-6-14(17)12-26-20/h8-11,14,17H,2-7,12H2,1H3. The molecular formula is C22H23F3O. The average molecular weight is 360 g/mol. The second kappa shape index (κ2) is 6.98. The zero-order valence-corrected chi connectivity index (χ0v) is 15.0. The summed E-state index contributed by atoms with van der Waals surface area (Å²) in [5, 5.41) is 0. The van der Waals surface area contributed by atoms with Crippen molar-refractivity contribution in [1.29, 1.82) is 0 Å². The zero-order chi connectivity index (χ0) is 18.3. The van der Waals surface area contributed by atoms with E-state index in [1.165, 1.54) is 36.8 Å². The SMILES string of the molecule is CCCc1cc(-c2cc(F)c(F)c(F)c2)cc2c1C1CCCCC1CO2. The van der Waals surface area contributed by atoms with Gasteiger partial charge in [-0.2, -0.15) is 0 Å². The van der Waals surface area contributed by atoms with Gasteiger partial charge in [-0.25, -0.2) is 13.2 Å². The molecule has 2 aromatic rings. The first-order valence-corrected chi connectivity index (χ1v) is 9.53. The van der Waals surface area contributed by atoms with Crippen LogP contribution in [0.1, 0.15) is 56.1 Å². The highest BCUT2D eigenvalue weighted by Gasteiger charge is 2.34. The van der Waals surface area contributed by atoms with Crippen LogP contribution in [-0.4, -0.2) is 6.61 Å². The number of fused-ring (bicyclic) bond motifs is 3. The van der Waals surface area contributed by atoms with Crippen LogP contribution in [0.4, 0.5) is 13.2 Å². The van der Waals surface area contributed by atoms with Crippen LogP contribution in [0.25, 0.3) is 11.1 Å². The summed E-state index contributed by atoms with van der Waals surface area (Å²) in [6.45, 7) is 2.83. The molecule has 0 radical (unpaired) electrons. The summed E-state index contributed by atoms with van der Waals surface area (Å²) < 4.78 is 46.8. The molecule has 0 spiro atoms. The van der Waals surface area contributed by atoms with Crippen LogP contribution in [-0.2, 0) is 6.42 Å². The highest BCUT2D eigenvalue weighted by Crippen LogP contribution is 2.48. The lowest BCUT2D eigenvalue weighted by molar-refractivity contribution is 0.156. The lowest BCUT2D eigenvalue weighted by Gasteiger charge is -2.38. The van der Waals surface area contributed by atoms with Crippen molar-refractivity contribution in [3.05, 3.63) is 52.8 Å². The van der Waals surface area contributed by atoms with E-state index in [9.17, 15) is 13.2 Å². The molecule has 0 N–H and O–H groups in total. The van der Waals surface area contributed by atoms with E-state index in [1.807, 2.05) is 12.1 Å². The van der Waals surface area contributed by atoms with E-state index in [1.54, 1.807) is 0 Å². The highest BCUT2D eigenvalue weighted by atomic mass is 19.2. The molecule has 1 aliphatic carbocycles. The number of halogens is 3. The molecule has 26 heavy (non-hydrogen) atoms. The van der Waals surface area contributed by atoms with Gasteiger partial charge in [0.25, 0.3) is 0 Å². The number of benzene rings is 2. The molecule has 2 atom stereocenters. The Labute approximate surface area is 152 Å². The fraction of sp³-hybridized carbons (Fsp3) is 0.455. The number of aryl methyl sites for hydroxylation is 1. The molecule has 2 unspecified atom stereocenters. The molecule has 1 fully saturated rings. The predicted molar refractivity (Wildman–Crippen MR) is 95.9 cm³/mol. The van der Waals surface area contributed by atoms with E-state index in [0.29, 0.717) is 29.6 Å². The Balaban J connectivity index is 1.83. The van der Waals surface area contributed by atoms with Crippen molar-refractivity contribution >= 4 is 0 Å². The van der Waals surface area contributed by atoms with E-state index in [2.05, 4.69) is 6.92 Å². The summed E-state index contributed by atoms with van der Waals surface area (Å²) in [5.41, 5.74) is 3.51. The van der Waals surface area contributed by atoms with Gasteiger partial charge in [0.15, 0.2) is 17.5 Å². The van der Waals surface area contributed by atoms with Crippen molar-refractivity contribution in [2.45, 2.75) is 51.4 Å². The Morgan fingerprint density at radius 3 is 2.38 bits per heavy atom. The van der Waals surface area contributed by atoms with Gasteiger partial charge in [-0.05, 0) is 66.0 Å². The maximum absolute atomic E-state index is 13.7. The third-order valence-corrected chi connectivity index (χ3v) is 5.80. The minimum atomic E-state index is -1.43. The van der Waals surface area contributed by atoms with Crippen molar-refractivity contribution < 1.29 is 17.9 Å². The summed E-state index contributed by atoms with van der Waals surface area (Å²) in [5.74, 6) is -1.84. The van der Waals surface area contributed by atoms with Gasteiger partial charge >= 0.3 is 0 Å². The van der Waals surface area contributed by atoms with Crippen molar-refractivity contribution in [2.24, 2.45) is 5.92 Å². The maximum atomic E-state index is 13.7. The Morgan fingerprint density at radius 1 is 0.962 bits per heavy atom. The van der Waals surface area contributed by atoms with Gasteiger partial charge in [0.2, 0.25) is 0 Å². The minimum absolute atomic E-state index is 0.343. The van der Waals surface area contributed by atoms with Crippen molar-refractivity contribution in [2.75, 3.05) is 6.61 Å². The van der Waals surface area contributed by atoms with Gasteiger partial charge < -0.3 is 4.74 Å². The highest BCUT2D eigenvalue weighted by molar-refractivity contribution is 5.69. The Bertz CT molecular complexity index is 807. The molecule has 0 amide bonds. The van der Waals surface area contributed by atoms with Gasteiger partial charge in [0.1, 0.15) is 5.75 Å². The molecule has 0 bridgehead atoms. The van der Waals surface area contributed by atoms with Crippen LogP contribution in [0.2, 0.25) is 0 Å². The van der Waals surface area contributed by atoms with Crippen LogP contribution in [0, 0.1) is 23.4 Å². The molecule has 1 aliphatic heterocycles.